The Labute approximate surface area is 106 Å². The molecule has 0 atom stereocenters. The lowest BCUT2D eigenvalue weighted by Crippen LogP contribution is -2.52. The lowest BCUT2D eigenvalue weighted by atomic mass is 9.78. The van der Waals surface area contributed by atoms with E-state index in [9.17, 15) is 12.8 Å². The lowest BCUT2D eigenvalue weighted by molar-refractivity contribution is 0.265. The molecule has 1 fully saturated rings. The Hall–Kier alpha value is -1.14. The second-order valence-electron chi connectivity index (χ2n) is 4.98. The van der Waals surface area contributed by atoms with E-state index in [0.29, 0.717) is 12.2 Å². The minimum atomic E-state index is -3.37. The van der Waals surface area contributed by atoms with Gasteiger partial charge in [-0.25, -0.2) is 12.8 Å². The molecule has 1 saturated carbocycles. The zero-order valence-corrected chi connectivity index (χ0v) is 11.1. The number of anilines is 1. The maximum absolute atomic E-state index is 13.7. The molecule has 0 unspecified atom stereocenters. The van der Waals surface area contributed by atoms with Gasteiger partial charge in [-0.1, -0.05) is 0 Å². The normalized spacial score (nSPS) is 18.2. The average molecular weight is 272 g/mol. The SMILES string of the molecule is CS(=O)(=O)c1ccc(NCC2(N)CCC2)c(F)c1. The van der Waals surface area contributed by atoms with E-state index >= 15 is 0 Å². The van der Waals surface area contributed by atoms with Crippen LogP contribution in [0.5, 0.6) is 0 Å². The first kappa shape index (κ1) is 13.3. The molecular weight excluding hydrogens is 255 g/mol. The van der Waals surface area contributed by atoms with Gasteiger partial charge in [0.2, 0.25) is 0 Å². The van der Waals surface area contributed by atoms with Crippen LogP contribution in [0.15, 0.2) is 23.1 Å². The van der Waals surface area contributed by atoms with Crippen molar-refractivity contribution >= 4 is 15.5 Å². The molecule has 1 aliphatic rings. The summed E-state index contributed by atoms with van der Waals surface area (Å²) in [5, 5.41) is 2.94. The summed E-state index contributed by atoms with van der Waals surface area (Å²) in [6.07, 6.45) is 4.03. The summed E-state index contributed by atoms with van der Waals surface area (Å²) in [4.78, 5) is -0.0170. The Kier molecular flexibility index (Phi) is 3.33. The second-order valence-corrected chi connectivity index (χ2v) is 7.00. The van der Waals surface area contributed by atoms with Crippen molar-refractivity contribution in [3.8, 4) is 0 Å². The third-order valence-electron chi connectivity index (χ3n) is 3.35. The summed E-state index contributed by atoms with van der Waals surface area (Å²) in [6.45, 7) is 0.502. The van der Waals surface area contributed by atoms with Gasteiger partial charge in [-0.2, -0.15) is 0 Å². The largest absolute Gasteiger partial charge is 0.381 e. The first-order valence-corrected chi connectivity index (χ1v) is 7.72. The van der Waals surface area contributed by atoms with Crippen LogP contribution >= 0.6 is 0 Å². The number of nitrogens with one attached hydrogen (secondary N) is 1. The molecule has 0 bridgehead atoms. The van der Waals surface area contributed by atoms with Crippen LogP contribution in [0.2, 0.25) is 0 Å². The number of nitrogens with two attached hydrogens (primary N) is 1. The molecular formula is C12H17FN2O2S. The third-order valence-corrected chi connectivity index (χ3v) is 4.46. The minimum absolute atomic E-state index is 0.0170. The third kappa shape index (κ3) is 2.81. The Morgan fingerprint density at radius 3 is 2.56 bits per heavy atom. The van der Waals surface area contributed by atoms with Crippen molar-refractivity contribution < 1.29 is 12.8 Å². The van der Waals surface area contributed by atoms with Gasteiger partial charge < -0.3 is 11.1 Å². The quantitative estimate of drug-likeness (QED) is 0.871. The summed E-state index contributed by atoms with van der Waals surface area (Å²) in [7, 11) is -3.37. The lowest BCUT2D eigenvalue weighted by Gasteiger charge is -2.38. The fourth-order valence-corrected chi connectivity index (χ4v) is 2.58. The highest BCUT2D eigenvalue weighted by atomic mass is 32.2. The topological polar surface area (TPSA) is 72.2 Å². The maximum atomic E-state index is 13.7. The zero-order valence-electron chi connectivity index (χ0n) is 10.2. The maximum Gasteiger partial charge on any atom is 0.175 e. The number of sulfone groups is 1. The number of halogens is 1. The minimum Gasteiger partial charge on any atom is -0.381 e. The van der Waals surface area contributed by atoms with Gasteiger partial charge in [0.25, 0.3) is 0 Å². The van der Waals surface area contributed by atoms with E-state index in [1.54, 1.807) is 0 Å². The first-order chi connectivity index (χ1) is 8.30. The molecule has 0 radical (unpaired) electrons. The molecule has 4 nitrogen and oxygen atoms in total. The van der Waals surface area contributed by atoms with E-state index in [1.165, 1.54) is 12.1 Å². The Morgan fingerprint density at radius 1 is 1.44 bits per heavy atom. The first-order valence-electron chi connectivity index (χ1n) is 5.83. The van der Waals surface area contributed by atoms with Gasteiger partial charge in [0.1, 0.15) is 5.82 Å². The average Bonchev–Trinajstić information content (AvgIpc) is 2.23. The van der Waals surface area contributed by atoms with E-state index in [1.807, 2.05) is 0 Å². The summed E-state index contributed by atoms with van der Waals surface area (Å²) in [5.41, 5.74) is 6.06. The smallest absolute Gasteiger partial charge is 0.175 e. The highest BCUT2D eigenvalue weighted by Gasteiger charge is 2.32. The molecule has 1 aliphatic carbocycles. The van der Waals surface area contributed by atoms with Gasteiger partial charge in [0.15, 0.2) is 9.84 Å². The number of rotatable bonds is 4. The predicted octanol–water partition coefficient (Wildman–Crippen LogP) is 1.52. The molecule has 0 spiro atoms. The highest BCUT2D eigenvalue weighted by Crippen LogP contribution is 2.29. The predicted molar refractivity (Wildman–Crippen MR) is 68.8 cm³/mol. The van der Waals surface area contributed by atoms with Crippen molar-refractivity contribution in [2.75, 3.05) is 18.1 Å². The van der Waals surface area contributed by atoms with Crippen LogP contribution in [0, 0.1) is 5.82 Å². The van der Waals surface area contributed by atoms with Crippen molar-refractivity contribution in [1.29, 1.82) is 0 Å². The molecule has 0 saturated heterocycles. The van der Waals surface area contributed by atoms with Crippen LogP contribution < -0.4 is 11.1 Å². The van der Waals surface area contributed by atoms with Crippen LogP contribution in [0.3, 0.4) is 0 Å². The van der Waals surface area contributed by atoms with E-state index < -0.39 is 15.7 Å². The van der Waals surface area contributed by atoms with Crippen molar-refractivity contribution in [3.63, 3.8) is 0 Å². The van der Waals surface area contributed by atoms with Crippen molar-refractivity contribution in [3.05, 3.63) is 24.0 Å². The molecule has 0 amide bonds. The van der Waals surface area contributed by atoms with Gasteiger partial charge in [-0.15, -0.1) is 0 Å². The number of benzene rings is 1. The molecule has 3 N–H and O–H groups in total. The summed E-state index contributed by atoms with van der Waals surface area (Å²) in [6, 6.07) is 3.86. The Bertz CT molecular complexity index is 553. The van der Waals surface area contributed by atoms with Gasteiger partial charge >= 0.3 is 0 Å². The summed E-state index contributed by atoms with van der Waals surface area (Å²) >= 11 is 0. The molecule has 0 aliphatic heterocycles. The Morgan fingerprint density at radius 2 is 2.11 bits per heavy atom. The molecule has 6 heteroatoms. The summed E-state index contributed by atoms with van der Waals surface area (Å²) < 4.78 is 36.2. The summed E-state index contributed by atoms with van der Waals surface area (Å²) in [5.74, 6) is -0.569. The van der Waals surface area contributed by atoms with Crippen LogP contribution in [0.1, 0.15) is 19.3 Å². The van der Waals surface area contributed by atoms with E-state index in [0.717, 1.165) is 31.6 Å². The fourth-order valence-electron chi connectivity index (χ4n) is 1.95. The molecule has 100 valence electrons. The van der Waals surface area contributed by atoms with Crippen molar-refractivity contribution in [1.82, 2.24) is 0 Å². The molecule has 2 rings (SSSR count). The standard InChI is InChI=1S/C12H17FN2O2S/c1-18(16,17)9-3-4-11(10(13)7-9)15-8-12(14)5-2-6-12/h3-4,7,15H,2,5-6,8,14H2,1H3. The number of hydrogen-bond acceptors (Lipinski definition) is 4. The molecule has 1 aromatic carbocycles. The molecule has 0 aromatic heterocycles. The van der Waals surface area contributed by atoms with E-state index in [4.69, 9.17) is 5.73 Å². The molecule has 18 heavy (non-hydrogen) atoms. The second kappa shape index (κ2) is 4.51. The molecule has 0 heterocycles. The van der Waals surface area contributed by atoms with E-state index in [-0.39, 0.29) is 10.4 Å². The molecule has 1 aromatic rings. The van der Waals surface area contributed by atoms with Gasteiger partial charge in [-0.3, -0.25) is 0 Å². The Balaban J connectivity index is 2.10. The van der Waals surface area contributed by atoms with Crippen molar-refractivity contribution in [2.24, 2.45) is 5.73 Å². The zero-order chi connectivity index (χ0) is 13.4. The van der Waals surface area contributed by atoms with Crippen LogP contribution in [-0.2, 0) is 9.84 Å². The van der Waals surface area contributed by atoms with Crippen LogP contribution in [0.4, 0.5) is 10.1 Å². The number of hydrogen-bond donors (Lipinski definition) is 2. The van der Waals surface area contributed by atoms with Crippen LogP contribution in [-0.4, -0.2) is 26.8 Å². The van der Waals surface area contributed by atoms with E-state index in [2.05, 4.69) is 5.32 Å². The monoisotopic (exact) mass is 272 g/mol. The van der Waals surface area contributed by atoms with Crippen LogP contribution in [0.25, 0.3) is 0 Å². The van der Waals surface area contributed by atoms with Gasteiger partial charge in [0.05, 0.1) is 10.6 Å². The van der Waals surface area contributed by atoms with Crippen molar-refractivity contribution in [2.45, 2.75) is 29.7 Å². The fraction of sp³-hybridized carbons (Fsp3) is 0.500. The van der Waals surface area contributed by atoms with Gasteiger partial charge in [0, 0.05) is 18.3 Å². The highest BCUT2D eigenvalue weighted by molar-refractivity contribution is 7.90. The van der Waals surface area contributed by atoms with Gasteiger partial charge in [-0.05, 0) is 37.5 Å².